The van der Waals surface area contributed by atoms with Crippen LogP contribution in [0.3, 0.4) is 0 Å². The predicted octanol–water partition coefficient (Wildman–Crippen LogP) is 3.51. The Morgan fingerprint density at radius 1 is 1.14 bits per heavy atom. The van der Waals surface area contributed by atoms with Crippen LogP contribution in [0.5, 0.6) is 5.75 Å². The molecule has 3 heteroatoms. The molecule has 0 saturated heterocycles. The van der Waals surface area contributed by atoms with Crippen LogP contribution in [0.25, 0.3) is 6.08 Å². The number of nitriles is 1. The Kier molecular flexibility index (Phi) is 4.42. The zero-order valence-corrected chi connectivity index (χ0v) is 12.1. The van der Waals surface area contributed by atoms with Crippen LogP contribution in [0, 0.1) is 11.3 Å². The topological polar surface area (TPSA) is 53.2 Å². The van der Waals surface area contributed by atoms with E-state index in [1.165, 1.54) is 0 Å². The molecule has 2 aromatic carbocycles. The summed E-state index contributed by atoms with van der Waals surface area (Å²) in [6.45, 7) is 1.62. The highest BCUT2D eigenvalue weighted by Gasteiger charge is 2.28. The second-order valence-electron chi connectivity index (χ2n) is 4.88. The Labute approximate surface area is 124 Å². The highest BCUT2D eigenvalue weighted by molar-refractivity contribution is 5.61. The summed E-state index contributed by atoms with van der Waals surface area (Å²) < 4.78 is 5.10. The number of ether oxygens (including phenoxy) is 1. The fraction of sp³-hybridized carbons (Fsp3) is 0.167. The molecule has 0 aliphatic carbocycles. The standard InChI is InChI=1S/C18H17NO2/c1-18(20,15-8-10-17(21-2)11-9-15)16(13-19)12-14-6-4-3-5-7-14/h3-12,20H,1-2H3/b16-12-. The smallest absolute Gasteiger partial charge is 0.122 e. The lowest BCUT2D eigenvalue weighted by Gasteiger charge is -2.23. The minimum Gasteiger partial charge on any atom is -0.497 e. The molecular formula is C18H17NO2. The van der Waals surface area contributed by atoms with Crippen molar-refractivity contribution in [1.82, 2.24) is 0 Å². The third-order valence-electron chi connectivity index (χ3n) is 3.41. The number of rotatable bonds is 4. The normalized spacial score (nSPS) is 14.1. The lowest BCUT2D eigenvalue weighted by molar-refractivity contribution is 0.103. The van der Waals surface area contributed by atoms with E-state index in [0.717, 1.165) is 5.56 Å². The maximum Gasteiger partial charge on any atom is 0.122 e. The van der Waals surface area contributed by atoms with Gasteiger partial charge >= 0.3 is 0 Å². The fourth-order valence-electron chi connectivity index (χ4n) is 2.07. The Morgan fingerprint density at radius 2 is 1.76 bits per heavy atom. The third-order valence-corrected chi connectivity index (χ3v) is 3.41. The molecule has 0 aliphatic heterocycles. The summed E-state index contributed by atoms with van der Waals surface area (Å²) >= 11 is 0. The van der Waals surface area contributed by atoms with Crippen molar-refractivity contribution in [3.8, 4) is 11.8 Å². The monoisotopic (exact) mass is 279 g/mol. The minimum atomic E-state index is -1.35. The van der Waals surface area contributed by atoms with E-state index in [4.69, 9.17) is 4.74 Å². The molecule has 0 fully saturated rings. The highest BCUT2D eigenvalue weighted by Crippen LogP contribution is 2.31. The van der Waals surface area contributed by atoms with Gasteiger partial charge in [-0.25, -0.2) is 0 Å². The van der Waals surface area contributed by atoms with Gasteiger partial charge in [0.15, 0.2) is 0 Å². The Morgan fingerprint density at radius 3 is 2.29 bits per heavy atom. The van der Waals surface area contributed by atoms with Gasteiger partial charge in [-0.2, -0.15) is 5.26 Å². The zero-order valence-electron chi connectivity index (χ0n) is 12.1. The summed E-state index contributed by atoms with van der Waals surface area (Å²) in [6.07, 6.45) is 1.70. The molecule has 0 saturated carbocycles. The maximum atomic E-state index is 10.7. The minimum absolute atomic E-state index is 0.291. The van der Waals surface area contributed by atoms with Crippen molar-refractivity contribution in [2.75, 3.05) is 7.11 Å². The predicted molar refractivity (Wildman–Crippen MR) is 82.6 cm³/mol. The number of aliphatic hydroxyl groups is 1. The van der Waals surface area contributed by atoms with Gasteiger partial charge in [0.25, 0.3) is 0 Å². The summed E-state index contributed by atoms with van der Waals surface area (Å²) in [4.78, 5) is 0. The first kappa shape index (κ1) is 14.8. The van der Waals surface area contributed by atoms with E-state index in [9.17, 15) is 10.4 Å². The van der Waals surface area contributed by atoms with E-state index in [1.54, 1.807) is 44.4 Å². The number of hydrogen-bond acceptors (Lipinski definition) is 3. The summed E-state index contributed by atoms with van der Waals surface area (Å²) in [5.74, 6) is 0.708. The van der Waals surface area contributed by atoms with Crippen molar-refractivity contribution in [3.05, 3.63) is 71.3 Å². The number of benzene rings is 2. The van der Waals surface area contributed by atoms with Crippen LogP contribution in [0.15, 0.2) is 60.2 Å². The largest absolute Gasteiger partial charge is 0.497 e. The van der Waals surface area contributed by atoms with Crippen LogP contribution >= 0.6 is 0 Å². The lowest BCUT2D eigenvalue weighted by Crippen LogP contribution is -2.23. The first-order valence-corrected chi connectivity index (χ1v) is 6.62. The first-order valence-electron chi connectivity index (χ1n) is 6.62. The first-order chi connectivity index (χ1) is 10.1. The Bertz CT molecular complexity index is 665. The molecule has 1 N–H and O–H groups in total. The number of methoxy groups -OCH3 is 1. The van der Waals surface area contributed by atoms with E-state index < -0.39 is 5.60 Å². The average molecular weight is 279 g/mol. The van der Waals surface area contributed by atoms with E-state index in [0.29, 0.717) is 16.9 Å². The second kappa shape index (κ2) is 6.25. The van der Waals surface area contributed by atoms with Gasteiger partial charge in [0.2, 0.25) is 0 Å². The molecule has 106 valence electrons. The molecule has 0 aromatic heterocycles. The van der Waals surface area contributed by atoms with Crippen LogP contribution < -0.4 is 4.74 Å². The molecule has 0 bridgehead atoms. The van der Waals surface area contributed by atoms with Crippen LogP contribution in [-0.4, -0.2) is 12.2 Å². The summed E-state index contributed by atoms with van der Waals surface area (Å²) in [6, 6.07) is 18.6. The molecule has 0 radical (unpaired) electrons. The third kappa shape index (κ3) is 3.31. The van der Waals surface area contributed by atoms with Gasteiger partial charge in [-0.3, -0.25) is 0 Å². The molecule has 21 heavy (non-hydrogen) atoms. The van der Waals surface area contributed by atoms with Gasteiger partial charge < -0.3 is 9.84 Å². The molecule has 1 unspecified atom stereocenters. The Hall–Kier alpha value is -2.57. The van der Waals surface area contributed by atoms with Crippen LogP contribution in [0.1, 0.15) is 18.1 Å². The van der Waals surface area contributed by atoms with Crippen molar-refractivity contribution in [2.45, 2.75) is 12.5 Å². The average Bonchev–Trinajstić information content (AvgIpc) is 2.53. The van der Waals surface area contributed by atoms with Crippen molar-refractivity contribution >= 4 is 6.08 Å². The van der Waals surface area contributed by atoms with Crippen molar-refractivity contribution in [2.24, 2.45) is 0 Å². The van der Waals surface area contributed by atoms with E-state index >= 15 is 0 Å². The van der Waals surface area contributed by atoms with Crippen molar-refractivity contribution in [3.63, 3.8) is 0 Å². The molecule has 2 aromatic rings. The fourth-order valence-corrected chi connectivity index (χ4v) is 2.07. The summed E-state index contributed by atoms with van der Waals surface area (Å²) in [5, 5.41) is 20.1. The molecule has 0 spiro atoms. The van der Waals surface area contributed by atoms with Gasteiger partial charge in [0.05, 0.1) is 18.8 Å². The van der Waals surface area contributed by atoms with Gasteiger partial charge in [-0.1, -0.05) is 42.5 Å². The second-order valence-corrected chi connectivity index (χ2v) is 4.88. The molecule has 0 heterocycles. The van der Waals surface area contributed by atoms with E-state index in [-0.39, 0.29) is 0 Å². The van der Waals surface area contributed by atoms with Gasteiger partial charge in [-0.05, 0) is 36.3 Å². The molecule has 1 atom stereocenters. The SMILES string of the molecule is COc1ccc(C(C)(O)/C(C#N)=C\c2ccccc2)cc1. The van der Waals surface area contributed by atoms with Gasteiger partial charge in [0.1, 0.15) is 11.4 Å². The summed E-state index contributed by atoms with van der Waals surface area (Å²) in [7, 11) is 1.59. The maximum absolute atomic E-state index is 10.7. The molecular weight excluding hydrogens is 262 g/mol. The zero-order chi connectivity index (χ0) is 15.3. The lowest BCUT2D eigenvalue weighted by atomic mass is 9.87. The van der Waals surface area contributed by atoms with Crippen LogP contribution in [0.2, 0.25) is 0 Å². The molecule has 0 aliphatic rings. The Balaban J connectivity index is 2.39. The van der Waals surface area contributed by atoms with Crippen LogP contribution in [0.4, 0.5) is 0 Å². The number of nitrogens with zero attached hydrogens (tertiary/aromatic N) is 1. The molecule has 3 nitrogen and oxygen atoms in total. The van der Waals surface area contributed by atoms with E-state index in [1.807, 2.05) is 30.3 Å². The summed E-state index contributed by atoms with van der Waals surface area (Å²) in [5.41, 5.74) is 0.463. The van der Waals surface area contributed by atoms with E-state index in [2.05, 4.69) is 6.07 Å². The van der Waals surface area contributed by atoms with Crippen molar-refractivity contribution < 1.29 is 9.84 Å². The molecule has 0 amide bonds. The number of hydrogen-bond donors (Lipinski definition) is 1. The van der Waals surface area contributed by atoms with Gasteiger partial charge in [0, 0.05) is 0 Å². The van der Waals surface area contributed by atoms with Gasteiger partial charge in [-0.15, -0.1) is 0 Å². The molecule has 2 rings (SSSR count). The van der Waals surface area contributed by atoms with Crippen molar-refractivity contribution in [1.29, 1.82) is 5.26 Å². The quantitative estimate of drug-likeness (QED) is 0.871. The highest BCUT2D eigenvalue weighted by atomic mass is 16.5. The van der Waals surface area contributed by atoms with Crippen LogP contribution in [-0.2, 0) is 5.60 Å².